The quantitative estimate of drug-likeness (QED) is 0.861. The van der Waals surface area contributed by atoms with Crippen LogP contribution >= 0.6 is 11.8 Å². The molecule has 0 aliphatic carbocycles. The van der Waals surface area contributed by atoms with Crippen LogP contribution in [0.4, 0.5) is 0 Å². The molecule has 0 atom stereocenters. The minimum absolute atomic E-state index is 0.621. The van der Waals surface area contributed by atoms with E-state index in [-0.39, 0.29) is 0 Å². The molecule has 18 heavy (non-hydrogen) atoms. The molecule has 2 rings (SSSR count). The molecule has 96 valence electrons. The van der Waals surface area contributed by atoms with E-state index in [9.17, 15) is 5.11 Å². The first-order valence-electron chi connectivity index (χ1n) is 5.91. The Morgan fingerprint density at radius 3 is 2.83 bits per heavy atom. The number of thioether (sulfide) groups is 1. The fourth-order valence-corrected chi connectivity index (χ4v) is 2.54. The van der Waals surface area contributed by atoms with Crippen LogP contribution in [0.1, 0.15) is 19.4 Å². The Morgan fingerprint density at radius 1 is 1.39 bits per heavy atom. The summed E-state index contributed by atoms with van der Waals surface area (Å²) in [6.45, 7) is 5.68. The fraction of sp³-hybridized carbons (Fsp3) is 0.357. The van der Waals surface area contributed by atoms with Gasteiger partial charge in [0.05, 0.1) is 5.60 Å². The van der Waals surface area contributed by atoms with Crippen LogP contribution in [-0.4, -0.2) is 26.0 Å². The molecule has 0 radical (unpaired) electrons. The molecule has 1 heterocycles. The van der Waals surface area contributed by atoms with E-state index in [1.807, 2.05) is 16.8 Å². The van der Waals surface area contributed by atoms with Crippen molar-refractivity contribution >= 4 is 11.8 Å². The van der Waals surface area contributed by atoms with E-state index in [2.05, 4.69) is 30.1 Å². The summed E-state index contributed by atoms with van der Waals surface area (Å²) in [6.07, 6.45) is 3.73. The maximum absolute atomic E-state index is 9.76. The smallest absolute Gasteiger partial charge is 0.172 e. The zero-order valence-corrected chi connectivity index (χ0v) is 11.7. The summed E-state index contributed by atoms with van der Waals surface area (Å²) in [6, 6.07) is 8.29. The maximum Gasteiger partial charge on any atom is 0.172 e. The van der Waals surface area contributed by atoms with Gasteiger partial charge in [-0.2, -0.15) is 0 Å². The van der Waals surface area contributed by atoms with Gasteiger partial charge in [-0.15, -0.1) is 0 Å². The molecule has 0 spiro atoms. The first-order chi connectivity index (χ1) is 8.46. The van der Waals surface area contributed by atoms with Crippen molar-refractivity contribution in [3.05, 3.63) is 42.2 Å². The van der Waals surface area contributed by atoms with Crippen LogP contribution in [0, 0.1) is 6.92 Å². The Labute approximate surface area is 112 Å². The molecule has 0 saturated carbocycles. The lowest BCUT2D eigenvalue weighted by Gasteiger charge is -2.16. The third-order valence-electron chi connectivity index (χ3n) is 2.44. The van der Waals surface area contributed by atoms with E-state index in [0.717, 1.165) is 10.8 Å². The van der Waals surface area contributed by atoms with E-state index < -0.39 is 5.60 Å². The van der Waals surface area contributed by atoms with Crippen molar-refractivity contribution in [2.75, 3.05) is 5.75 Å². The number of imidazole rings is 1. The average molecular weight is 262 g/mol. The Kier molecular flexibility index (Phi) is 3.78. The molecule has 0 bridgehead atoms. The standard InChI is InChI=1S/C14H18N2OS/c1-11-5-4-6-12(9-11)16-8-7-15-13(16)18-10-14(2,3)17/h4-9,17H,10H2,1-3H3. The van der Waals surface area contributed by atoms with Crippen molar-refractivity contribution in [3.63, 3.8) is 0 Å². The lowest BCUT2D eigenvalue weighted by molar-refractivity contribution is 0.107. The van der Waals surface area contributed by atoms with Gasteiger partial charge in [-0.1, -0.05) is 23.9 Å². The molecule has 1 aromatic heterocycles. The Hall–Kier alpha value is -1.26. The number of aromatic nitrogens is 2. The molecule has 0 unspecified atom stereocenters. The Morgan fingerprint density at radius 2 is 2.17 bits per heavy atom. The first-order valence-corrected chi connectivity index (χ1v) is 6.90. The minimum Gasteiger partial charge on any atom is -0.390 e. The first kappa shape index (κ1) is 13.2. The second-order valence-electron chi connectivity index (χ2n) is 5.02. The van der Waals surface area contributed by atoms with Crippen LogP contribution < -0.4 is 0 Å². The van der Waals surface area contributed by atoms with Crippen molar-refractivity contribution in [1.82, 2.24) is 9.55 Å². The zero-order valence-electron chi connectivity index (χ0n) is 10.9. The molecule has 0 saturated heterocycles. The molecule has 4 heteroatoms. The van der Waals surface area contributed by atoms with E-state index in [4.69, 9.17) is 0 Å². The van der Waals surface area contributed by atoms with Gasteiger partial charge in [0.2, 0.25) is 0 Å². The second-order valence-corrected chi connectivity index (χ2v) is 5.96. The van der Waals surface area contributed by atoms with Gasteiger partial charge in [0.1, 0.15) is 0 Å². The molecule has 0 aliphatic heterocycles. The highest BCUT2D eigenvalue weighted by atomic mass is 32.2. The lowest BCUT2D eigenvalue weighted by Crippen LogP contribution is -2.22. The van der Waals surface area contributed by atoms with Crippen molar-refractivity contribution in [3.8, 4) is 5.69 Å². The molecule has 1 aromatic carbocycles. The van der Waals surface area contributed by atoms with Gasteiger partial charge in [-0.3, -0.25) is 4.57 Å². The van der Waals surface area contributed by atoms with Crippen molar-refractivity contribution in [1.29, 1.82) is 0 Å². The molecule has 1 N–H and O–H groups in total. The predicted octanol–water partition coefficient (Wildman–Crippen LogP) is 3.04. The third kappa shape index (κ3) is 3.37. The van der Waals surface area contributed by atoms with Crippen LogP contribution in [-0.2, 0) is 0 Å². The van der Waals surface area contributed by atoms with Crippen LogP contribution in [0.2, 0.25) is 0 Å². The van der Waals surface area contributed by atoms with Crippen molar-refractivity contribution < 1.29 is 5.11 Å². The van der Waals surface area contributed by atoms with Gasteiger partial charge < -0.3 is 5.11 Å². The van der Waals surface area contributed by atoms with Crippen LogP contribution in [0.15, 0.2) is 41.8 Å². The fourth-order valence-electron chi connectivity index (χ4n) is 1.61. The lowest BCUT2D eigenvalue weighted by atomic mass is 10.2. The molecule has 0 amide bonds. The molecule has 2 aromatic rings. The minimum atomic E-state index is -0.686. The van der Waals surface area contributed by atoms with Crippen molar-refractivity contribution in [2.24, 2.45) is 0 Å². The number of benzene rings is 1. The zero-order chi connectivity index (χ0) is 13.2. The van der Waals surface area contributed by atoms with Crippen LogP contribution in [0.25, 0.3) is 5.69 Å². The molecular formula is C14H18N2OS. The van der Waals surface area contributed by atoms with Gasteiger partial charge in [0, 0.05) is 23.8 Å². The van der Waals surface area contributed by atoms with Gasteiger partial charge in [0.25, 0.3) is 0 Å². The van der Waals surface area contributed by atoms with Gasteiger partial charge in [-0.25, -0.2) is 4.98 Å². The normalized spacial score (nSPS) is 11.8. The molecular weight excluding hydrogens is 244 g/mol. The largest absolute Gasteiger partial charge is 0.390 e. The van der Waals surface area contributed by atoms with Crippen LogP contribution in [0.5, 0.6) is 0 Å². The van der Waals surface area contributed by atoms with E-state index in [1.165, 1.54) is 5.56 Å². The van der Waals surface area contributed by atoms with Crippen LogP contribution in [0.3, 0.4) is 0 Å². The second kappa shape index (κ2) is 5.16. The van der Waals surface area contributed by atoms with Crippen molar-refractivity contribution in [2.45, 2.75) is 31.5 Å². The van der Waals surface area contributed by atoms with Gasteiger partial charge in [0.15, 0.2) is 5.16 Å². The molecule has 3 nitrogen and oxygen atoms in total. The number of hydrogen-bond donors (Lipinski definition) is 1. The summed E-state index contributed by atoms with van der Waals surface area (Å²) in [4.78, 5) is 4.34. The van der Waals surface area contributed by atoms with E-state index >= 15 is 0 Å². The highest BCUT2D eigenvalue weighted by Crippen LogP contribution is 2.24. The average Bonchev–Trinajstić information content (AvgIpc) is 2.73. The van der Waals surface area contributed by atoms with Gasteiger partial charge >= 0.3 is 0 Å². The Bertz CT molecular complexity index is 529. The molecule has 0 aliphatic rings. The number of rotatable bonds is 4. The number of aliphatic hydroxyl groups is 1. The van der Waals surface area contributed by atoms with Gasteiger partial charge in [-0.05, 0) is 38.5 Å². The topological polar surface area (TPSA) is 38.0 Å². The third-order valence-corrected chi connectivity index (χ3v) is 3.85. The number of nitrogens with zero attached hydrogens (tertiary/aromatic N) is 2. The predicted molar refractivity (Wildman–Crippen MR) is 75.3 cm³/mol. The highest BCUT2D eigenvalue weighted by Gasteiger charge is 2.15. The monoisotopic (exact) mass is 262 g/mol. The summed E-state index contributed by atoms with van der Waals surface area (Å²) >= 11 is 1.56. The number of hydrogen-bond acceptors (Lipinski definition) is 3. The van der Waals surface area contributed by atoms with E-state index in [0.29, 0.717) is 5.75 Å². The Balaban J connectivity index is 2.23. The highest BCUT2D eigenvalue weighted by molar-refractivity contribution is 7.99. The summed E-state index contributed by atoms with van der Waals surface area (Å²) in [5.41, 5.74) is 1.64. The SMILES string of the molecule is Cc1cccc(-n2ccnc2SCC(C)(C)O)c1. The summed E-state index contributed by atoms with van der Waals surface area (Å²) < 4.78 is 2.05. The summed E-state index contributed by atoms with van der Waals surface area (Å²) in [5, 5.41) is 10.7. The molecule has 0 fully saturated rings. The van der Waals surface area contributed by atoms with E-state index in [1.54, 1.807) is 31.8 Å². The summed E-state index contributed by atoms with van der Waals surface area (Å²) in [5.74, 6) is 0.621. The summed E-state index contributed by atoms with van der Waals surface area (Å²) in [7, 11) is 0. The maximum atomic E-state index is 9.76. The number of aryl methyl sites for hydroxylation is 1.